The number of piperidine rings is 1. The molecule has 0 saturated carbocycles. The summed E-state index contributed by atoms with van der Waals surface area (Å²) in [6.07, 6.45) is 4.73. The molecule has 2 aliphatic heterocycles. The van der Waals surface area contributed by atoms with Crippen molar-refractivity contribution in [3.63, 3.8) is 0 Å². The number of likely N-dealkylation sites (tertiary alicyclic amines) is 1. The summed E-state index contributed by atoms with van der Waals surface area (Å²) in [4.78, 5) is 26.3. The number of imidazole rings is 1. The normalized spacial score (nSPS) is 19.8. The summed E-state index contributed by atoms with van der Waals surface area (Å²) in [6.45, 7) is 2.60. The molecule has 1 aromatic carbocycles. The number of thiophene rings is 1. The number of nitrogens with one attached hydrogen (secondary N) is 1. The van der Waals surface area contributed by atoms with Crippen molar-refractivity contribution >= 4 is 27.3 Å². The Kier molecular flexibility index (Phi) is 3.65. The molecule has 0 unspecified atom stereocenters. The molecule has 0 atom stereocenters. The molecule has 2 aliphatic rings. The maximum absolute atomic E-state index is 13.0. The molecule has 0 radical (unpaired) electrons. The zero-order chi connectivity index (χ0) is 17.7. The van der Waals surface area contributed by atoms with Crippen LogP contribution in [0.2, 0.25) is 0 Å². The van der Waals surface area contributed by atoms with Gasteiger partial charge in [0.15, 0.2) is 0 Å². The smallest absolute Gasteiger partial charge is 0.263 e. The van der Waals surface area contributed by atoms with Gasteiger partial charge in [-0.1, -0.05) is 18.2 Å². The fourth-order valence-electron chi connectivity index (χ4n) is 4.53. The Morgan fingerprint density at radius 1 is 1.23 bits per heavy atom. The number of carbonyl (C=O) groups excluding carboxylic acids is 1. The Morgan fingerprint density at radius 3 is 2.85 bits per heavy atom. The second-order valence-electron chi connectivity index (χ2n) is 7.37. The number of hydrogen-bond donors (Lipinski definition) is 1. The number of fused-ring (bicyclic) bond motifs is 3. The van der Waals surface area contributed by atoms with Gasteiger partial charge in [0.25, 0.3) is 5.91 Å². The number of amides is 1. The third kappa shape index (κ3) is 2.32. The first-order valence-corrected chi connectivity index (χ1v) is 10.0. The average molecular weight is 366 g/mol. The van der Waals surface area contributed by atoms with Crippen molar-refractivity contribution in [1.29, 1.82) is 0 Å². The Labute approximate surface area is 156 Å². The van der Waals surface area contributed by atoms with Crippen LogP contribution in [0, 0.1) is 0 Å². The summed E-state index contributed by atoms with van der Waals surface area (Å²) in [6, 6.07) is 10.2. The predicted molar refractivity (Wildman–Crippen MR) is 104 cm³/mol. The van der Waals surface area contributed by atoms with E-state index in [1.54, 1.807) is 11.3 Å². The van der Waals surface area contributed by atoms with E-state index in [4.69, 9.17) is 0 Å². The van der Waals surface area contributed by atoms with Gasteiger partial charge >= 0.3 is 0 Å². The van der Waals surface area contributed by atoms with Crippen molar-refractivity contribution < 1.29 is 4.79 Å². The second-order valence-corrected chi connectivity index (χ2v) is 8.46. The molecular formula is C20H22N4OS. The Morgan fingerprint density at radius 2 is 2.04 bits per heavy atom. The fourth-order valence-corrected chi connectivity index (χ4v) is 5.56. The maximum atomic E-state index is 13.0. The molecule has 26 heavy (non-hydrogen) atoms. The molecule has 6 heteroatoms. The lowest BCUT2D eigenvalue weighted by molar-refractivity contribution is 0.0228. The molecule has 0 bridgehead atoms. The van der Waals surface area contributed by atoms with E-state index < -0.39 is 0 Å². The van der Waals surface area contributed by atoms with Gasteiger partial charge in [-0.2, -0.15) is 0 Å². The van der Waals surface area contributed by atoms with Gasteiger partial charge in [0, 0.05) is 36.4 Å². The number of carbonyl (C=O) groups is 1. The van der Waals surface area contributed by atoms with Crippen molar-refractivity contribution in [1.82, 2.24) is 19.8 Å². The largest absolute Gasteiger partial charge is 0.348 e. The molecule has 134 valence electrons. The summed E-state index contributed by atoms with van der Waals surface area (Å²) < 4.78 is 1.18. The van der Waals surface area contributed by atoms with E-state index in [1.807, 2.05) is 29.4 Å². The molecule has 1 spiro atoms. The summed E-state index contributed by atoms with van der Waals surface area (Å²) in [5.41, 5.74) is 2.44. The summed E-state index contributed by atoms with van der Waals surface area (Å²) in [7, 11) is 2.20. The van der Waals surface area contributed by atoms with E-state index in [-0.39, 0.29) is 11.4 Å². The number of H-pyrrole nitrogens is 1. The van der Waals surface area contributed by atoms with Gasteiger partial charge in [-0.15, -0.1) is 11.3 Å². The first-order valence-electron chi connectivity index (χ1n) is 9.19. The Hall–Kier alpha value is -2.18. The van der Waals surface area contributed by atoms with Gasteiger partial charge in [0.1, 0.15) is 0 Å². The zero-order valence-corrected chi connectivity index (χ0v) is 15.7. The number of hydrogen-bond acceptors (Lipinski definition) is 4. The highest BCUT2D eigenvalue weighted by atomic mass is 32.1. The number of benzene rings is 1. The maximum Gasteiger partial charge on any atom is 0.263 e. The molecule has 1 amide bonds. The molecule has 1 fully saturated rings. The SMILES string of the molecule is CN1CCc2[nH]cnc2C12CCN(C(=O)c1cc3ccccc3s1)CC2. The predicted octanol–water partition coefficient (Wildman–Crippen LogP) is 3.24. The second kappa shape index (κ2) is 5.93. The van der Waals surface area contributed by atoms with Crippen LogP contribution in [0.4, 0.5) is 0 Å². The van der Waals surface area contributed by atoms with Gasteiger partial charge in [0.05, 0.1) is 22.4 Å². The lowest BCUT2D eigenvalue weighted by Gasteiger charge is -2.49. The standard InChI is InChI=1S/C20H22N4OS/c1-23-9-6-15-18(22-13-21-15)20(23)7-10-24(11-8-20)19(25)17-12-14-4-2-3-5-16(14)26-17/h2-5,12-13H,6-11H2,1H3,(H,21,22). The molecule has 1 N–H and O–H groups in total. The topological polar surface area (TPSA) is 52.2 Å². The molecule has 2 aromatic heterocycles. The lowest BCUT2D eigenvalue weighted by Crippen LogP contribution is -2.55. The van der Waals surface area contributed by atoms with Crippen molar-refractivity contribution in [2.24, 2.45) is 0 Å². The third-order valence-corrected chi connectivity index (χ3v) is 7.21. The van der Waals surface area contributed by atoms with Crippen LogP contribution < -0.4 is 0 Å². The van der Waals surface area contributed by atoms with Crippen LogP contribution in [-0.4, -0.2) is 52.4 Å². The van der Waals surface area contributed by atoms with E-state index in [2.05, 4.69) is 34.0 Å². The van der Waals surface area contributed by atoms with Gasteiger partial charge in [-0.25, -0.2) is 4.98 Å². The Bertz CT molecular complexity index is 934. The molecule has 0 aliphatic carbocycles. The molecule has 5 rings (SSSR count). The minimum atomic E-state index is -0.0233. The number of aromatic nitrogens is 2. The van der Waals surface area contributed by atoms with Crippen molar-refractivity contribution in [3.05, 3.63) is 52.9 Å². The van der Waals surface area contributed by atoms with Crippen molar-refractivity contribution in [2.45, 2.75) is 24.8 Å². The van der Waals surface area contributed by atoms with Crippen LogP contribution in [0.3, 0.4) is 0 Å². The number of aromatic amines is 1. The number of rotatable bonds is 1. The third-order valence-electron chi connectivity index (χ3n) is 6.10. The fraction of sp³-hybridized carbons (Fsp3) is 0.400. The Balaban J connectivity index is 1.38. The van der Waals surface area contributed by atoms with E-state index in [0.29, 0.717) is 0 Å². The number of likely N-dealkylation sites (N-methyl/N-ethyl adjacent to an activating group) is 1. The molecule has 1 saturated heterocycles. The van der Waals surface area contributed by atoms with E-state index in [9.17, 15) is 4.79 Å². The van der Waals surface area contributed by atoms with Gasteiger partial charge in [-0.3, -0.25) is 9.69 Å². The van der Waals surface area contributed by atoms with Gasteiger partial charge in [-0.05, 0) is 37.4 Å². The van der Waals surface area contributed by atoms with Gasteiger partial charge < -0.3 is 9.88 Å². The van der Waals surface area contributed by atoms with E-state index in [0.717, 1.165) is 49.2 Å². The van der Waals surface area contributed by atoms with Crippen LogP contribution in [0.15, 0.2) is 36.7 Å². The van der Waals surface area contributed by atoms with Crippen LogP contribution in [0.5, 0.6) is 0 Å². The van der Waals surface area contributed by atoms with Crippen LogP contribution >= 0.6 is 11.3 Å². The lowest BCUT2D eigenvalue weighted by atomic mass is 9.79. The minimum absolute atomic E-state index is 0.0233. The minimum Gasteiger partial charge on any atom is -0.348 e. The highest BCUT2D eigenvalue weighted by Gasteiger charge is 2.45. The average Bonchev–Trinajstić information content (AvgIpc) is 3.32. The first-order chi connectivity index (χ1) is 12.7. The van der Waals surface area contributed by atoms with Crippen molar-refractivity contribution in [3.8, 4) is 0 Å². The highest BCUT2D eigenvalue weighted by molar-refractivity contribution is 7.20. The highest BCUT2D eigenvalue weighted by Crippen LogP contribution is 2.41. The van der Waals surface area contributed by atoms with Crippen LogP contribution in [-0.2, 0) is 12.0 Å². The number of nitrogens with zero attached hydrogens (tertiary/aromatic N) is 3. The van der Waals surface area contributed by atoms with E-state index >= 15 is 0 Å². The van der Waals surface area contributed by atoms with Crippen LogP contribution in [0.25, 0.3) is 10.1 Å². The summed E-state index contributed by atoms with van der Waals surface area (Å²) in [5, 5.41) is 1.16. The molecular weight excluding hydrogens is 344 g/mol. The van der Waals surface area contributed by atoms with Gasteiger partial charge in [0.2, 0.25) is 0 Å². The summed E-state index contributed by atoms with van der Waals surface area (Å²) >= 11 is 1.60. The summed E-state index contributed by atoms with van der Waals surface area (Å²) in [5.74, 6) is 0.168. The quantitative estimate of drug-likeness (QED) is 0.719. The molecule has 5 nitrogen and oxygen atoms in total. The van der Waals surface area contributed by atoms with Crippen molar-refractivity contribution in [2.75, 3.05) is 26.7 Å². The molecule has 3 aromatic rings. The van der Waals surface area contributed by atoms with E-state index in [1.165, 1.54) is 16.1 Å². The van der Waals surface area contributed by atoms with Crippen LogP contribution in [0.1, 0.15) is 33.9 Å². The zero-order valence-electron chi connectivity index (χ0n) is 14.9. The first kappa shape index (κ1) is 16.0. The molecule has 4 heterocycles. The monoisotopic (exact) mass is 366 g/mol.